The van der Waals surface area contributed by atoms with Gasteiger partial charge in [-0.25, -0.2) is 4.79 Å². The van der Waals surface area contributed by atoms with Gasteiger partial charge in [-0.1, -0.05) is 41.4 Å². The predicted molar refractivity (Wildman–Crippen MR) is 126 cm³/mol. The van der Waals surface area contributed by atoms with Crippen LogP contribution < -0.4 is 15.1 Å². The first-order valence-electron chi connectivity index (χ1n) is 10.1. The Bertz CT molecular complexity index is 1100. The van der Waals surface area contributed by atoms with Crippen LogP contribution in [0.5, 0.6) is 5.75 Å². The number of hydrazone groups is 1. The zero-order chi connectivity index (χ0) is 25.0. The Morgan fingerprint density at radius 1 is 1.24 bits per heavy atom. The second-order valence-corrected chi connectivity index (χ2v) is 9.33. The van der Waals surface area contributed by atoms with Crippen molar-refractivity contribution in [2.24, 2.45) is 5.10 Å². The lowest BCUT2D eigenvalue weighted by atomic mass is 9.80. The quantitative estimate of drug-likeness (QED) is 0.235. The molecule has 0 bridgehead atoms. The lowest BCUT2D eigenvalue weighted by molar-refractivity contribution is -0.108. The number of carbonyl (C=O) groups excluding carboxylic acids is 2. The van der Waals surface area contributed by atoms with Gasteiger partial charge in [-0.2, -0.15) is 23.3 Å². The van der Waals surface area contributed by atoms with Crippen LogP contribution in [0.4, 0.5) is 23.7 Å². The van der Waals surface area contributed by atoms with Crippen LogP contribution in [-0.2, 0) is 4.79 Å². The Kier molecular flexibility index (Phi) is 8.38. The molecule has 1 aliphatic rings. The molecule has 1 saturated carbocycles. The number of rotatable bonds is 7. The highest BCUT2D eigenvalue weighted by Gasteiger charge is 2.34. The van der Waals surface area contributed by atoms with Gasteiger partial charge in [0.2, 0.25) is 6.41 Å². The maximum atomic E-state index is 13.0. The van der Waals surface area contributed by atoms with Crippen molar-refractivity contribution in [2.75, 3.05) is 12.1 Å². The summed E-state index contributed by atoms with van der Waals surface area (Å²) in [6.07, 6.45) is -1.43. The Balaban J connectivity index is 1.96. The van der Waals surface area contributed by atoms with E-state index in [1.165, 1.54) is 23.9 Å². The molecular formula is C22H20Cl2F3N3O3S. The third-order valence-corrected chi connectivity index (χ3v) is 7.18. The number of carbonyl (C=O) groups is 2. The first kappa shape index (κ1) is 26.2. The number of nitrogens with zero attached hydrogens (tertiary/aromatic N) is 2. The molecule has 1 aliphatic carbocycles. The number of benzene rings is 2. The minimum atomic E-state index is -4.78. The van der Waals surface area contributed by atoms with Crippen LogP contribution in [0.25, 0.3) is 0 Å². The van der Waals surface area contributed by atoms with Crippen molar-refractivity contribution in [3.63, 3.8) is 0 Å². The molecule has 0 unspecified atom stereocenters. The Morgan fingerprint density at radius 3 is 2.38 bits per heavy atom. The molecule has 0 spiro atoms. The van der Waals surface area contributed by atoms with E-state index >= 15 is 0 Å². The minimum absolute atomic E-state index is 0.0323. The van der Waals surface area contributed by atoms with Crippen LogP contribution in [-0.4, -0.2) is 31.4 Å². The van der Waals surface area contributed by atoms with E-state index in [0.29, 0.717) is 22.7 Å². The summed E-state index contributed by atoms with van der Waals surface area (Å²) in [6.45, 7) is 0.692. The zero-order valence-corrected chi connectivity index (χ0v) is 20.4. The molecule has 0 radical (unpaired) electrons. The maximum Gasteiger partial charge on any atom is 0.430 e. The highest BCUT2D eigenvalue weighted by atomic mass is 35.5. The molecule has 0 atom stereocenters. The number of hydrogen-bond acceptors (Lipinski definition) is 5. The van der Waals surface area contributed by atoms with Crippen molar-refractivity contribution in [3.05, 3.63) is 45.9 Å². The highest BCUT2D eigenvalue weighted by Crippen LogP contribution is 2.45. The Morgan fingerprint density at radius 2 is 1.88 bits per heavy atom. The number of nitrogens with one attached hydrogen (secondary N) is 1. The molecule has 0 aromatic heterocycles. The van der Waals surface area contributed by atoms with Gasteiger partial charge in [0.15, 0.2) is 0 Å². The molecule has 6 nitrogen and oxygen atoms in total. The van der Waals surface area contributed by atoms with Crippen molar-refractivity contribution in [3.8, 4) is 5.75 Å². The van der Waals surface area contributed by atoms with Crippen LogP contribution in [0.2, 0.25) is 10.0 Å². The van der Waals surface area contributed by atoms with Gasteiger partial charge < -0.3 is 4.74 Å². The first-order valence-corrected chi connectivity index (χ1v) is 11.6. The molecular weight excluding hydrogens is 514 g/mol. The van der Waals surface area contributed by atoms with E-state index in [4.69, 9.17) is 27.9 Å². The van der Waals surface area contributed by atoms with Crippen molar-refractivity contribution in [2.45, 2.75) is 48.1 Å². The molecule has 0 aliphatic heterocycles. The summed E-state index contributed by atoms with van der Waals surface area (Å²) in [6, 6.07) is 7.04. The molecule has 0 heterocycles. The summed E-state index contributed by atoms with van der Waals surface area (Å²) in [5.74, 6) is 1.22. The summed E-state index contributed by atoms with van der Waals surface area (Å²) in [5.41, 5.74) is -0.357. The fraction of sp³-hybridized carbons (Fsp3) is 0.318. The number of hydrogen-bond donors (Lipinski definition) is 1. The molecule has 2 aromatic carbocycles. The number of ether oxygens (including phenoxy) is 1. The van der Waals surface area contributed by atoms with E-state index in [-0.39, 0.29) is 22.1 Å². The van der Waals surface area contributed by atoms with Crippen LogP contribution in [0.15, 0.2) is 45.2 Å². The van der Waals surface area contributed by atoms with Gasteiger partial charge in [-0.15, -0.1) is 0 Å². The van der Waals surface area contributed by atoms with E-state index in [9.17, 15) is 22.8 Å². The summed E-state index contributed by atoms with van der Waals surface area (Å²) in [4.78, 5) is 24.2. The Hall–Kier alpha value is -2.43. The molecule has 2 aromatic rings. The van der Waals surface area contributed by atoms with Gasteiger partial charge in [-0.3, -0.25) is 10.1 Å². The molecule has 3 rings (SSSR count). The Labute approximate surface area is 208 Å². The molecule has 34 heavy (non-hydrogen) atoms. The van der Waals surface area contributed by atoms with Gasteiger partial charge >= 0.3 is 12.2 Å². The van der Waals surface area contributed by atoms with Crippen LogP contribution in [0.1, 0.15) is 37.7 Å². The second-order valence-electron chi connectivity index (χ2n) is 7.43. The summed E-state index contributed by atoms with van der Waals surface area (Å²) >= 11 is 14.1. The van der Waals surface area contributed by atoms with Crippen LogP contribution in [0, 0.1) is 0 Å². The minimum Gasteiger partial charge on any atom is -0.496 e. The number of alkyl halides is 3. The van der Waals surface area contributed by atoms with E-state index < -0.39 is 17.9 Å². The predicted octanol–water partition coefficient (Wildman–Crippen LogP) is 7.03. The van der Waals surface area contributed by atoms with E-state index in [2.05, 4.69) is 5.10 Å². The number of amides is 3. The maximum absolute atomic E-state index is 13.0. The van der Waals surface area contributed by atoms with Crippen molar-refractivity contribution < 1.29 is 27.5 Å². The zero-order valence-electron chi connectivity index (χ0n) is 18.1. The van der Waals surface area contributed by atoms with Gasteiger partial charge in [0.1, 0.15) is 11.5 Å². The monoisotopic (exact) mass is 533 g/mol. The topological polar surface area (TPSA) is 71.0 Å². The van der Waals surface area contributed by atoms with Crippen LogP contribution in [0.3, 0.4) is 0 Å². The third-order valence-electron chi connectivity index (χ3n) is 5.23. The summed E-state index contributed by atoms with van der Waals surface area (Å²) < 4.78 is 44.4. The van der Waals surface area contributed by atoms with E-state index in [1.54, 1.807) is 12.4 Å². The number of halogens is 5. The lowest BCUT2D eigenvalue weighted by Crippen LogP contribution is -2.38. The number of urea groups is 1. The highest BCUT2D eigenvalue weighted by molar-refractivity contribution is 7.99. The van der Waals surface area contributed by atoms with E-state index in [0.717, 1.165) is 35.5 Å². The summed E-state index contributed by atoms with van der Waals surface area (Å²) in [7, 11) is 1.62. The third kappa shape index (κ3) is 5.97. The fourth-order valence-corrected chi connectivity index (χ4v) is 4.81. The van der Waals surface area contributed by atoms with Gasteiger partial charge in [0.25, 0.3) is 0 Å². The second kappa shape index (κ2) is 10.9. The van der Waals surface area contributed by atoms with Crippen molar-refractivity contribution >= 4 is 58.8 Å². The number of methoxy groups -OCH3 is 1. The fourth-order valence-electron chi connectivity index (χ4n) is 3.24. The molecule has 3 amide bonds. The van der Waals surface area contributed by atoms with E-state index in [1.807, 2.05) is 18.2 Å². The summed E-state index contributed by atoms with van der Waals surface area (Å²) in [5, 5.41) is 5.65. The largest absolute Gasteiger partial charge is 0.496 e. The number of imide groups is 1. The molecule has 1 N–H and O–H groups in total. The molecule has 1 fully saturated rings. The first-order chi connectivity index (χ1) is 16.0. The average molecular weight is 534 g/mol. The SMILES string of the molecule is COc1ccc(Sc2c(Cl)cc(N(/N=C(\C)C(F)(F)F)C(=O)NC=O)cc2Cl)cc1C1CCC1. The average Bonchev–Trinajstić information content (AvgIpc) is 2.72. The van der Waals surface area contributed by atoms with Crippen molar-refractivity contribution in [1.29, 1.82) is 0 Å². The van der Waals surface area contributed by atoms with Crippen molar-refractivity contribution in [1.82, 2.24) is 5.32 Å². The van der Waals surface area contributed by atoms with Gasteiger partial charge in [0.05, 0.1) is 22.8 Å². The molecule has 182 valence electrons. The standard InChI is InChI=1S/C22H20Cl2F3N3O3S/c1-12(22(25,26)27)29-30(21(32)28-11-31)14-8-17(23)20(18(24)9-14)34-15-6-7-19(33-2)16(10-15)13-4-3-5-13/h6-11,13H,3-5H2,1-2H3,(H,28,31,32)/b29-12+. The molecule has 12 heteroatoms. The number of anilines is 1. The molecule has 0 saturated heterocycles. The van der Waals surface area contributed by atoms with Gasteiger partial charge in [-0.05, 0) is 61.6 Å². The van der Waals surface area contributed by atoms with Gasteiger partial charge in [0, 0.05) is 9.79 Å². The van der Waals surface area contributed by atoms with Crippen LogP contribution >= 0.6 is 35.0 Å². The normalized spacial score (nSPS) is 14.4. The smallest absolute Gasteiger partial charge is 0.430 e. The lowest BCUT2D eigenvalue weighted by Gasteiger charge is -2.27.